The maximum atomic E-state index is 11.6. The third kappa shape index (κ3) is 4.02. The lowest BCUT2D eigenvalue weighted by atomic mass is 10.2. The van der Waals surface area contributed by atoms with Gasteiger partial charge in [0.05, 0.1) is 0 Å². The van der Waals surface area contributed by atoms with Crippen LogP contribution in [0.15, 0.2) is 10.7 Å². The number of aromatic nitrogens is 1. The van der Waals surface area contributed by atoms with E-state index in [1.54, 1.807) is 0 Å². The molecule has 1 amide bonds. The Morgan fingerprint density at radius 2 is 2.38 bits per heavy atom. The topological polar surface area (TPSA) is 81.2 Å². The first kappa shape index (κ1) is 12.7. The maximum absolute atomic E-state index is 11.6. The monoisotopic (exact) mass is 225 g/mol. The molecule has 1 aromatic rings. The highest BCUT2D eigenvalue weighted by atomic mass is 16.3. The Morgan fingerprint density at radius 3 is 3.06 bits per heavy atom. The van der Waals surface area contributed by atoms with Gasteiger partial charge in [0.1, 0.15) is 6.26 Å². The van der Waals surface area contributed by atoms with Gasteiger partial charge in [-0.25, -0.2) is 4.98 Å². The minimum atomic E-state index is -0.178. The molecular formula is C11H19N3O2. The molecule has 0 radical (unpaired) electrons. The van der Waals surface area contributed by atoms with Gasteiger partial charge >= 0.3 is 0 Å². The number of hydrogen-bond donors (Lipinski definition) is 2. The van der Waals surface area contributed by atoms with Crippen LogP contribution in [0.2, 0.25) is 0 Å². The second kappa shape index (κ2) is 7.00. The quantitative estimate of drug-likeness (QED) is 0.681. The molecule has 1 heterocycles. The van der Waals surface area contributed by atoms with E-state index in [0.29, 0.717) is 31.1 Å². The van der Waals surface area contributed by atoms with Crippen LogP contribution >= 0.6 is 0 Å². The summed E-state index contributed by atoms with van der Waals surface area (Å²) in [5.41, 5.74) is 5.69. The molecule has 0 unspecified atom stereocenters. The van der Waals surface area contributed by atoms with Gasteiger partial charge < -0.3 is 15.5 Å². The minimum absolute atomic E-state index is 0.178. The van der Waals surface area contributed by atoms with Gasteiger partial charge in [-0.15, -0.1) is 0 Å². The van der Waals surface area contributed by atoms with Crippen LogP contribution in [-0.2, 0) is 6.42 Å². The number of nitrogens with two attached hydrogens (primary N) is 1. The maximum Gasteiger partial charge on any atom is 0.273 e. The van der Waals surface area contributed by atoms with Crippen LogP contribution in [0.5, 0.6) is 0 Å². The Labute approximate surface area is 95.4 Å². The van der Waals surface area contributed by atoms with Crippen LogP contribution in [0.4, 0.5) is 0 Å². The molecule has 16 heavy (non-hydrogen) atoms. The van der Waals surface area contributed by atoms with Gasteiger partial charge in [-0.1, -0.05) is 19.8 Å². The molecule has 0 fully saturated rings. The largest absolute Gasteiger partial charge is 0.448 e. The van der Waals surface area contributed by atoms with Crippen molar-refractivity contribution in [2.75, 3.05) is 13.1 Å². The molecule has 0 bridgehead atoms. The molecule has 0 aromatic carbocycles. The molecule has 3 N–H and O–H groups in total. The van der Waals surface area contributed by atoms with Crippen molar-refractivity contribution in [2.24, 2.45) is 5.73 Å². The predicted molar refractivity (Wildman–Crippen MR) is 61.1 cm³/mol. The van der Waals surface area contributed by atoms with E-state index >= 15 is 0 Å². The summed E-state index contributed by atoms with van der Waals surface area (Å²) in [6, 6.07) is 0. The van der Waals surface area contributed by atoms with Crippen molar-refractivity contribution >= 4 is 5.91 Å². The van der Waals surface area contributed by atoms with Crippen molar-refractivity contribution in [3.63, 3.8) is 0 Å². The van der Waals surface area contributed by atoms with Crippen LogP contribution in [0.25, 0.3) is 0 Å². The third-order valence-corrected chi connectivity index (χ3v) is 2.21. The SMILES string of the molecule is CCCCCNC(=O)c1coc(CCN)n1. The standard InChI is InChI=1S/C11H19N3O2/c1-2-3-4-7-13-11(15)9-8-16-10(14-9)5-6-12/h8H,2-7,12H2,1H3,(H,13,15). The Balaban J connectivity index is 2.34. The summed E-state index contributed by atoms with van der Waals surface area (Å²) in [6.07, 6.45) is 5.19. The lowest BCUT2D eigenvalue weighted by Gasteiger charge is -2.00. The number of rotatable bonds is 7. The second-order valence-corrected chi connectivity index (χ2v) is 3.63. The Hall–Kier alpha value is -1.36. The summed E-state index contributed by atoms with van der Waals surface area (Å²) < 4.78 is 5.10. The first-order valence-electron chi connectivity index (χ1n) is 5.70. The van der Waals surface area contributed by atoms with E-state index < -0.39 is 0 Å². The van der Waals surface area contributed by atoms with Gasteiger partial charge in [-0.3, -0.25) is 4.79 Å². The molecule has 0 spiro atoms. The highest BCUT2D eigenvalue weighted by Crippen LogP contribution is 2.02. The summed E-state index contributed by atoms with van der Waals surface area (Å²) in [6.45, 7) is 3.28. The van der Waals surface area contributed by atoms with Crippen LogP contribution in [0.3, 0.4) is 0 Å². The Kier molecular flexibility index (Phi) is 5.56. The molecule has 0 saturated heterocycles. The van der Waals surface area contributed by atoms with Gasteiger partial charge in [0.2, 0.25) is 0 Å². The summed E-state index contributed by atoms with van der Waals surface area (Å²) in [5.74, 6) is 0.337. The number of carbonyl (C=O) groups is 1. The van der Waals surface area contributed by atoms with E-state index in [1.165, 1.54) is 6.26 Å². The van der Waals surface area contributed by atoms with Crippen molar-refractivity contribution in [1.29, 1.82) is 0 Å². The van der Waals surface area contributed by atoms with Crippen molar-refractivity contribution < 1.29 is 9.21 Å². The molecule has 5 heteroatoms. The lowest BCUT2D eigenvalue weighted by Crippen LogP contribution is -2.24. The minimum Gasteiger partial charge on any atom is -0.448 e. The fourth-order valence-corrected chi connectivity index (χ4v) is 1.32. The van der Waals surface area contributed by atoms with Gasteiger partial charge in [0, 0.05) is 19.5 Å². The molecule has 0 aliphatic carbocycles. The highest BCUT2D eigenvalue weighted by Gasteiger charge is 2.10. The molecule has 0 aliphatic rings. The highest BCUT2D eigenvalue weighted by molar-refractivity contribution is 5.91. The summed E-state index contributed by atoms with van der Waals surface area (Å²) >= 11 is 0. The fraction of sp³-hybridized carbons (Fsp3) is 0.636. The van der Waals surface area contributed by atoms with E-state index in [0.717, 1.165) is 19.3 Å². The molecule has 5 nitrogen and oxygen atoms in total. The predicted octanol–water partition coefficient (Wildman–Crippen LogP) is 1.10. The van der Waals surface area contributed by atoms with Crippen LogP contribution in [0.1, 0.15) is 42.6 Å². The van der Waals surface area contributed by atoms with Gasteiger partial charge in [-0.2, -0.15) is 0 Å². The zero-order valence-corrected chi connectivity index (χ0v) is 9.66. The summed E-state index contributed by atoms with van der Waals surface area (Å²) in [7, 11) is 0. The number of unbranched alkanes of at least 4 members (excludes halogenated alkanes) is 2. The summed E-state index contributed by atoms with van der Waals surface area (Å²) in [4.78, 5) is 15.6. The van der Waals surface area contributed by atoms with E-state index in [2.05, 4.69) is 17.2 Å². The second-order valence-electron chi connectivity index (χ2n) is 3.63. The molecule has 90 valence electrons. The molecule has 0 atom stereocenters. The van der Waals surface area contributed by atoms with Crippen molar-refractivity contribution in [2.45, 2.75) is 32.6 Å². The lowest BCUT2D eigenvalue weighted by molar-refractivity contribution is 0.0948. The first-order valence-corrected chi connectivity index (χ1v) is 5.70. The number of oxazole rings is 1. The van der Waals surface area contributed by atoms with Crippen molar-refractivity contribution in [3.05, 3.63) is 17.8 Å². The van der Waals surface area contributed by atoms with Crippen molar-refractivity contribution in [3.8, 4) is 0 Å². The molecule has 1 rings (SSSR count). The molecule has 1 aromatic heterocycles. The van der Waals surface area contributed by atoms with Crippen LogP contribution in [0, 0.1) is 0 Å². The molecule has 0 saturated carbocycles. The number of hydrogen-bond acceptors (Lipinski definition) is 4. The zero-order valence-electron chi connectivity index (χ0n) is 9.66. The number of amides is 1. The molecular weight excluding hydrogens is 206 g/mol. The summed E-state index contributed by atoms with van der Waals surface area (Å²) in [5, 5.41) is 2.80. The van der Waals surface area contributed by atoms with Crippen LogP contribution in [-0.4, -0.2) is 24.0 Å². The smallest absolute Gasteiger partial charge is 0.273 e. The average Bonchev–Trinajstić information content (AvgIpc) is 2.73. The van der Waals surface area contributed by atoms with Gasteiger partial charge in [0.25, 0.3) is 5.91 Å². The third-order valence-electron chi connectivity index (χ3n) is 2.21. The first-order chi connectivity index (χ1) is 7.77. The fourth-order valence-electron chi connectivity index (χ4n) is 1.32. The van der Waals surface area contributed by atoms with Gasteiger partial charge in [-0.05, 0) is 6.42 Å². The zero-order chi connectivity index (χ0) is 11.8. The van der Waals surface area contributed by atoms with E-state index in [-0.39, 0.29) is 5.91 Å². The van der Waals surface area contributed by atoms with E-state index in [4.69, 9.17) is 10.2 Å². The van der Waals surface area contributed by atoms with E-state index in [9.17, 15) is 4.79 Å². The van der Waals surface area contributed by atoms with Crippen molar-refractivity contribution in [1.82, 2.24) is 10.3 Å². The van der Waals surface area contributed by atoms with Crippen LogP contribution < -0.4 is 11.1 Å². The number of carbonyl (C=O) groups excluding carboxylic acids is 1. The normalized spacial score (nSPS) is 10.4. The van der Waals surface area contributed by atoms with Gasteiger partial charge in [0.15, 0.2) is 11.6 Å². The molecule has 0 aliphatic heterocycles. The Morgan fingerprint density at radius 1 is 1.56 bits per heavy atom. The number of nitrogens with zero attached hydrogens (tertiary/aromatic N) is 1. The van der Waals surface area contributed by atoms with E-state index in [1.807, 2.05) is 0 Å². The average molecular weight is 225 g/mol. The Bertz CT molecular complexity index is 323. The number of nitrogens with one attached hydrogen (secondary N) is 1.